The van der Waals surface area contributed by atoms with Gasteiger partial charge in [0.05, 0.1) is 31.2 Å². The summed E-state index contributed by atoms with van der Waals surface area (Å²) >= 11 is 5.85. The molecule has 0 radical (unpaired) electrons. The van der Waals surface area contributed by atoms with E-state index in [1.54, 1.807) is 55.5 Å². The lowest BCUT2D eigenvalue weighted by molar-refractivity contribution is -0.122. The molecular formula is C25H22ClFN2O4. The van der Waals surface area contributed by atoms with Crippen molar-refractivity contribution in [2.24, 2.45) is 5.92 Å². The van der Waals surface area contributed by atoms with E-state index in [2.05, 4.69) is 5.32 Å². The first kappa shape index (κ1) is 22.6. The predicted octanol–water partition coefficient (Wildman–Crippen LogP) is 5.23. The van der Waals surface area contributed by atoms with Crippen LogP contribution < -0.4 is 19.7 Å². The topological polar surface area (TPSA) is 67.9 Å². The predicted molar refractivity (Wildman–Crippen MR) is 124 cm³/mol. The first-order valence-corrected chi connectivity index (χ1v) is 10.6. The standard InChI is InChI=1S/C25H22ClFN2O4/c1-32-18-8-3-15(4-9-18)24-20(25(31)28-16-5-12-22(27)21(26)13-16)14-23(30)29(24)17-6-10-19(33-2)11-7-17/h3-13,20,24H,14H2,1-2H3,(H,28,31)/t20-,24+/m0/s1. The summed E-state index contributed by atoms with van der Waals surface area (Å²) < 4.78 is 24.0. The molecule has 6 nitrogen and oxygen atoms in total. The Bertz CT molecular complexity index is 1170. The van der Waals surface area contributed by atoms with Crippen LogP contribution in [-0.2, 0) is 9.59 Å². The lowest BCUT2D eigenvalue weighted by Gasteiger charge is -2.28. The van der Waals surface area contributed by atoms with Crippen LogP contribution in [0.1, 0.15) is 18.0 Å². The van der Waals surface area contributed by atoms with Crippen molar-refractivity contribution in [3.63, 3.8) is 0 Å². The molecular weight excluding hydrogens is 447 g/mol. The average Bonchev–Trinajstić information content (AvgIpc) is 3.18. The number of amides is 2. The molecule has 1 heterocycles. The fourth-order valence-electron chi connectivity index (χ4n) is 4.01. The van der Waals surface area contributed by atoms with E-state index in [9.17, 15) is 14.0 Å². The second-order valence-electron chi connectivity index (χ2n) is 7.61. The van der Waals surface area contributed by atoms with Crippen LogP contribution in [0.4, 0.5) is 15.8 Å². The van der Waals surface area contributed by atoms with Crippen LogP contribution in [0.2, 0.25) is 5.02 Å². The molecule has 8 heteroatoms. The lowest BCUT2D eigenvalue weighted by Crippen LogP contribution is -2.32. The van der Waals surface area contributed by atoms with Gasteiger partial charge in [-0.1, -0.05) is 23.7 Å². The number of methoxy groups -OCH3 is 2. The maximum Gasteiger partial charge on any atom is 0.230 e. The highest BCUT2D eigenvalue weighted by molar-refractivity contribution is 6.31. The molecule has 0 aliphatic carbocycles. The fourth-order valence-corrected chi connectivity index (χ4v) is 4.19. The summed E-state index contributed by atoms with van der Waals surface area (Å²) in [5.74, 6) is -0.472. The highest BCUT2D eigenvalue weighted by atomic mass is 35.5. The molecule has 3 aromatic rings. The molecule has 4 rings (SSSR count). The molecule has 2 atom stereocenters. The molecule has 0 unspecified atom stereocenters. The Morgan fingerprint density at radius 2 is 1.61 bits per heavy atom. The second kappa shape index (κ2) is 9.50. The maximum atomic E-state index is 13.5. The van der Waals surface area contributed by atoms with Crippen LogP contribution in [0, 0.1) is 11.7 Å². The summed E-state index contributed by atoms with van der Waals surface area (Å²) in [6, 6.07) is 17.8. The molecule has 3 aromatic carbocycles. The molecule has 1 aliphatic heterocycles. The summed E-state index contributed by atoms with van der Waals surface area (Å²) in [6.07, 6.45) is 0.0173. The van der Waals surface area contributed by atoms with Crippen molar-refractivity contribution in [1.82, 2.24) is 0 Å². The minimum atomic E-state index is -0.683. The van der Waals surface area contributed by atoms with Crippen LogP contribution in [0.5, 0.6) is 11.5 Å². The number of carbonyl (C=O) groups excluding carboxylic acids is 2. The summed E-state index contributed by atoms with van der Waals surface area (Å²) in [4.78, 5) is 28.0. The van der Waals surface area contributed by atoms with E-state index in [4.69, 9.17) is 21.1 Å². The molecule has 0 spiro atoms. The third-order valence-electron chi connectivity index (χ3n) is 5.65. The normalized spacial score (nSPS) is 17.7. The van der Waals surface area contributed by atoms with Gasteiger partial charge in [0.2, 0.25) is 11.8 Å². The highest BCUT2D eigenvalue weighted by Crippen LogP contribution is 2.42. The van der Waals surface area contributed by atoms with E-state index in [1.807, 2.05) is 12.1 Å². The Kier molecular flexibility index (Phi) is 6.51. The summed E-state index contributed by atoms with van der Waals surface area (Å²) in [5.41, 5.74) is 1.80. The second-order valence-corrected chi connectivity index (χ2v) is 8.02. The smallest absolute Gasteiger partial charge is 0.230 e. The lowest BCUT2D eigenvalue weighted by atomic mass is 9.92. The third kappa shape index (κ3) is 4.64. The van der Waals surface area contributed by atoms with Gasteiger partial charge in [-0.2, -0.15) is 0 Å². The van der Waals surface area contributed by atoms with Crippen LogP contribution in [-0.4, -0.2) is 26.0 Å². The zero-order valence-electron chi connectivity index (χ0n) is 18.0. The van der Waals surface area contributed by atoms with Gasteiger partial charge in [-0.05, 0) is 60.2 Å². The van der Waals surface area contributed by atoms with Crippen molar-refractivity contribution in [3.05, 3.63) is 83.1 Å². The first-order valence-electron chi connectivity index (χ1n) is 10.3. The number of ether oxygens (including phenoxy) is 2. The van der Waals surface area contributed by atoms with Crippen molar-refractivity contribution in [2.45, 2.75) is 12.5 Å². The molecule has 0 saturated carbocycles. The first-order chi connectivity index (χ1) is 15.9. The van der Waals surface area contributed by atoms with Crippen LogP contribution in [0.3, 0.4) is 0 Å². The minimum absolute atomic E-state index is 0.0173. The van der Waals surface area contributed by atoms with Crippen molar-refractivity contribution in [3.8, 4) is 11.5 Å². The molecule has 33 heavy (non-hydrogen) atoms. The van der Waals surface area contributed by atoms with Crippen molar-refractivity contribution in [2.75, 3.05) is 24.4 Å². The number of anilines is 2. The molecule has 1 saturated heterocycles. The number of nitrogens with zero attached hydrogens (tertiary/aromatic N) is 1. The quantitative estimate of drug-likeness (QED) is 0.538. The van der Waals surface area contributed by atoms with E-state index in [0.29, 0.717) is 22.9 Å². The van der Waals surface area contributed by atoms with Gasteiger partial charge < -0.3 is 19.7 Å². The van der Waals surface area contributed by atoms with Gasteiger partial charge in [-0.15, -0.1) is 0 Å². The number of nitrogens with one attached hydrogen (secondary N) is 1. The Balaban J connectivity index is 1.70. The van der Waals surface area contributed by atoms with Crippen molar-refractivity contribution < 1.29 is 23.5 Å². The SMILES string of the molecule is COc1ccc([C@@H]2[C@@H](C(=O)Nc3ccc(F)c(Cl)c3)CC(=O)N2c2ccc(OC)cc2)cc1. The number of hydrogen-bond donors (Lipinski definition) is 1. The van der Waals surface area contributed by atoms with Gasteiger partial charge in [-0.3, -0.25) is 9.59 Å². The largest absolute Gasteiger partial charge is 0.497 e. The number of benzene rings is 3. The van der Waals surface area contributed by atoms with E-state index >= 15 is 0 Å². The monoisotopic (exact) mass is 468 g/mol. The molecule has 1 aliphatic rings. The minimum Gasteiger partial charge on any atom is -0.497 e. The van der Waals surface area contributed by atoms with Crippen LogP contribution in [0.25, 0.3) is 0 Å². The third-order valence-corrected chi connectivity index (χ3v) is 5.94. The average molecular weight is 469 g/mol. The van der Waals surface area contributed by atoms with E-state index < -0.39 is 17.8 Å². The van der Waals surface area contributed by atoms with Crippen LogP contribution >= 0.6 is 11.6 Å². The Morgan fingerprint density at radius 1 is 1.00 bits per heavy atom. The zero-order valence-corrected chi connectivity index (χ0v) is 18.8. The van der Waals surface area contributed by atoms with Crippen molar-refractivity contribution >= 4 is 34.8 Å². The highest BCUT2D eigenvalue weighted by Gasteiger charge is 2.45. The van der Waals surface area contributed by atoms with Gasteiger partial charge in [0.15, 0.2) is 0 Å². The molecule has 1 fully saturated rings. The van der Waals surface area contributed by atoms with Gasteiger partial charge in [0.25, 0.3) is 0 Å². The Labute approximate surface area is 195 Å². The molecule has 0 bridgehead atoms. The van der Waals surface area contributed by atoms with E-state index in [0.717, 1.165) is 5.56 Å². The van der Waals surface area contributed by atoms with Gasteiger partial charge in [-0.25, -0.2) is 4.39 Å². The van der Waals surface area contributed by atoms with Gasteiger partial charge in [0, 0.05) is 17.8 Å². The fraction of sp³-hybridized carbons (Fsp3) is 0.200. The van der Waals surface area contributed by atoms with E-state index in [1.165, 1.54) is 18.2 Å². The summed E-state index contributed by atoms with van der Waals surface area (Å²) in [7, 11) is 3.14. The molecule has 2 amide bonds. The number of halogens is 2. The number of hydrogen-bond acceptors (Lipinski definition) is 4. The Hall–Kier alpha value is -3.58. The molecule has 0 aromatic heterocycles. The number of carbonyl (C=O) groups is 2. The summed E-state index contributed by atoms with van der Waals surface area (Å²) in [6.45, 7) is 0. The number of rotatable bonds is 6. The van der Waals surface area contributed by atoms with E-state index in [-0.39, 0.29) is 23.3 Å². The summed E-state index contributed by atoms with van der Waals surface area (Å²) in [5, 5.41) is 2.68. The Morgan fingerprint density at radius 3 is 2.18 bits per heavy atom. The zero-order chi connectivity index (χ0) is 23.5. The molecule has 1 N–H and O–H groups in total. The van der Waals surface area contributed by atoms with Gasteiger partial charge in [0.1, 0.15) is 17.3 Å². The molecule has 170 valence electrons. The van der Waals surface area contributed by atoms with Gasteiger partial charge >= 0.3 is 0 Å². The van der Waals surface area contributed by atoms with Crippen molar-refractivity contribution in [1.29, 1.82) is 0 Å². The van der Waals surface area contributed by atoms with Crippen LogP contribution in [0.15, 0.2) is 66.7 Å². The maximum absolute atomic E-state index is 13.5.